The van der Waals surface area contributed by atoms with Gasteiger partial charge >= 0.3 is 0 Å². The quantitative estimate of drug-likeness (QED) is 0.859. The number of hydrogen-bond acceptors (Lipinski definition) is 3. The molecule has 0 radical (unpaired) electrons. The average molecular weight is 334 g/mol. The Morgan fingerprint density at radius 3 is 2.39 bits per heavy atom. The van der Waals surface area contributed by atoms with Crippen LogP contribution < -0.4 is 15.2 Å². The van der Waals surface area contributed by atoms with Crippen LogP contribution in [0.5, 0.6) is 11.5 Å². The van der Waals surface area contributed by atoms with Crippen LogP contribution in [0.15, 0.2) is 30.3 Å². The van der Waals surface area contributed by atoms with Crippen LogP contribution in [0.2, 0.25) is 5.02 Å². The van der Waals surface area contributed by atoms with Crippen LogP contribution in [0, 0.1) is 13.8 Å². The molecule has 0 aliphatic heterocycles. The lowest BCUT2D eigenvalue weighted by molar-refractivity contribution is 0.351. The molecule has 0 aliphatic rings. The molecule has 0 fully saturated rings. The maximum atomic E-state index is 6.22. The first-order valence-corrected chi connectivity index (χ1v) is 8.05. The Morgan fingerprint density at radius 2 is 1.83 bits per heavy atom. The Labute approximate surface area is 143 Å². The minimum absolute atomic E-state index is 0.202. The molecule has 1 atom stereocenters. The fourth-order valence-corrected chi connectivity index (χ4v) is 3.26. The predicted octanol–water partition coefficient (Wildman–Crippen LogP) is 4.26. The van der Waals surface area contributed by atoms with Crippen molar-refractivity contribution in [2.24, 2.45) is 5.73 Å². The van der Waals surface area contributed by atoms with Crippen LogP contribution in [-0.2, 0) is 6.42 Å². The van der Waals surface area contributed by atoms with E-state index in [9.17, 15) is 0 Å². The van der Waals surface area contributed by atoms with Crippen LogP contribution >= 0.6 is 11.6 Å². The molecule has 4 heteroatoms. The van der Waals surface area contributed by atoms with Gasteiger partial charge in [-0.25, -0.2) is 0 Å². The van der Waals surface area contributed by atoms with Gasteiger partial charge < -0.3 is 15.2 Å². The molecule has 2 aromatic rings. The van der Waals surface area contributed by atoms with Gasteiger partial charge in [0, 0.05) is 22.6 Å². The van der Waals surface area contributed by atoms with E-state index in [-0.39, 0.29) is 5.92 Å². The van der Waals surface area contributed by atoms with Crippen molar-refractivity contribution in [1.82, 2.24) is 0 Å². The van der Waals surface area contributed by atoms with Crippen LogP contribution in [0.4, 0.5) is 0 Å². The van der Waals surface area contributed by atoms with E-state index < -0.39 is 0 Å². The van der Waals surface area contributed by atoms with Crippen molar-refractivity contribution >= 4 is 11.6 Å². The molecule has 0 bridgehead atoms. The summed E-state index contributed by atoms with van der Waals surface area (Å²) in [6.07, 6.45) is 0.750. The van der Waals surface area contributed by atoms with Gasteiger partial charge in [-0.1, -0.05) is 35.4 Å². The molecular weight excluding hydrogens is 310 g/mol. The maximum Gasteiger partial charge on any atom is 0.164 e. The zero-order valence-electron chi connectivity index (χ0n) is 14.2. The maximum absolute atomic E-state index is 6.22. The monoisotopic (exact) mass is 333 g/mol. The Bertz CT molecular complexity index is 685. The number of nitrogens with two attached hydrogens (primary N) is 1. The number of benzene rings is 2. The summed E-state index contributed by atoms with van der Waals surface area (Å²) in [7, 11) is 3.26. The highest BCUT2D eigenvalue weighted by Crippen LogP contribution is 2.37. The zero-order valence-corrected chi connectivity index (χ0v) is 14.9. The Balaban J connectivity index is 2.41. The van der Waals surface area contributed by atoms with Crippen molar-refractivity contribution in [3.63, 3.8) is 0 Å². The van der Waals surface area contributed by atoms with E-state index in [0.717, 1.165) is 17.7 Å². The van der Waals surface area contributed by atoms with Gasteiger partial charge in [-0.2, -0.15) is 0 Å². The molecule has 124 valence electrons. The summed E-state index contributed by atoms with van der Waals surface area (Å²) < 4.78 is 10.9. The van der Waals surface area contributed by atoms with E-state index in [2.05, 4.69) is 32.0 Å². The number of halogens is 1. The lowest BCUT2D eigenvalue weighted by atomic mass is 9.88. The summed E-state index contributed by atoms with van der Waals surface area (Å²) in [5.41, 5.74) is 10.8. The summed E-state index contributed by atoms with van der Waals surface area (Å²) in [6, 6.07) is 10.2. The second-order valence-corrected chi connectivity index (χ2v) is 6.23. The number of rotatable bonds is 6. The zero-order chi connectivity index (χ0) is 17.0. The van der Waals surface area contributed by atoms with E-state index in [1.807, 2.05) is 6.07 Å². The van der Waals surface area contributed by atoms with Crippen molar-refractivity contribution < 1.29 is 9.47 Å². The fourth-order valence-electron chi connectivity index (χ4n) is 3.03. The van der Waals surface area contributed by atoms with Crippen LogP contribution in [0.1, 0.15) is 28.2 Å². The SMILES string of the molecule is COc1cc(Cl)cc(CC(CN)c2ccc(C)cc2C)c1OC. The van der Waals surface area contributed by atoms with Gasteiger partial charge in [-0.15, -0.1) is 0 Å². The Morgan fingerprint density at radius 1 is 1.09 bits per heavy atom. The molecule has 0 amide bonds. The number of ether oxygens (including phenoxy) is 2. The minimum atomic E-state index is 0.202. The van der Waals surface area contributed by atoms with E-state index in [1.165, 1.54) is 16.7 Å². The second-order valence-electron chi connectivity index (χ2n) is 5.80. The van der Waals surface area contributed by atoms with E-state index >= 15 is 0 Å². The normalized spacial score (nSPS) is 12.1. The van der Waals surface area contributed by atoms with E-state index in [4.69, 9.17) is 26.8 Å². The standard InChI is InChI=1S/C19H24ClNO2/c1-12-5-6-17(13(2)7-12)15(11-21)8-14-9-16(20)10-18(22-3)19(14)23-4/h5-7,9-10,15H,8,11,21H2,1-4H3. The first-order valence-electron chi connectivity index (χ1n) is 7.67. The summed E-state index contributed by atoms with van der Waals surface area (Å²) >= 11 is 6.22. The first-order chi connectivity index (χ1) is 11.0. The second kappa shape index (κ2) is 7.71. The lowest BCUT2D eigenvalue weighted by Crippen LogP contribution is -2.16. The van der Waals surface area contributed by atoms with E-state index in [0.29, 0.717) is 17.3 Å². The molecule has 2 N–H and O–H groups in total. The average Bonchev–Trinajstić information content (AvgIpc) is 2.52. The minimum Gasteiger partial charge on any atom is -0.493 e. The fraction of sp³-hybridized carbons (Fsp3) is 0.368. The van der Waals surface area contributed by atoms with Crippen molar-refractivity contribution in [2.75, 3.05) is 20.8 Å². The predicted molar refractivity (Wildman–Crippen MR) is 96.0 cm³/mol. The Kier molecular flexibility index (Phi) is 5.91. The summed E-state index contributed by atoms with van der Waals surface area (Å²) in [5.74, 6) is 1.57. The lowest BCUT2D eigenvalue weighted by Gasteiger charge is -2.21. The molecule has 0 aliphatic carbocycles. The highest BCUT2D eigenvalue weighted by atomic mass is 35.5. The third kappa shape index (κ3) is 3.98. The van der Waals surface area contributed by atoms with Crippen LogP contribution in [0.25, 0.3) is 0 Å². The summed E-state index contributed by atoms with van der Waals surface area (Å²) in [5, 5.41) is 0.633. The molecule has 3 nitrogen and oxygen atoms in total. The van der Waals surface area contributed by atoms with Crippen LogP contribution in [0.3, 0.4) is 0 Å². The number of aryl methyl sites for hydroxylation is 2. The van der Waals surface area contributed by atoms with Gasteiger partial charge in [0.1, 0.15) is 0 Å². The van der Waals surface area contributed by atoms with Gasteiger partial charge in [0.05, 0.1) is 14.2 Å². The molecule has 1 unspecified atom stereocenters. The molecule has 0 saturated carbocycles. The van der Waals surface area contributed by atoms with Crippen molar-refractivity contribution in [2.45, 2.75) is 26.2 Å². The molecular formula is C19H24ClNO2. The van der Waals surface area contributed by atoms with Gasteiger partial charge in [0.25, 0.3) is 0 Å². The molecule has 2 rings (SSSR count). The van der Waals surface area contributed by atoms with Gasteiger partial charge in [-0.3, -0.25) is 0 Å². The van der Waals surface area contributed by atoms with Gasteiger partial charge in [0.2, 0.25) is 0 Å². The van der Waals surface area contributed by atoms with Crippen molar-refractivity contribution in [1.29, 1.82) is 0 Å². The molecule has 0 heterocycles. The number of hydrogen-bond donors (Lipinski definition) is 1. The van der Waals surface area contributed by atoms with Crippen LogP contribution in [-0.4, -0.2) is 20.8 Å². The molecule has 23 heavy (non-hydrogen) atoms. The molecule has 0 spiro atoms. The Hall–Kier alpha value is -1.71. The molecule has 0 saturated heterocycles. The molecule has 2 aromatic carbocycles. The van der Waals surface area contributed by atoms with Crippen molar-refractivity contribution in [3.05, 3.63) is 57.6 Å². The topological polar surface area (TPSA) is 44.5 Å². The third-order valence-electron chi connectivity index (χ3n) is 4.14. The first kappa shape index (κ1) is 17.6. The van der Waals surface area contributed by atoms with Gasteiger partial charge in [-0.05, 0) is 44.0 Å². The third-order valence-corrected chi connectivity index (χ3v) is 4.35. The summed E-state index contributed by atoms with van der Waals surface area (Å²) in [4.78, 5) is 0. The van der Waals surface area contributed by atoms with E-state index in [1.54, 1.807) is 20.3 Å². The molecule has 0 aromatic heterocycles. The van der Waals surface area contributed by atoms with Crippen molar-refractivity contribution in [3.8, 4) is 11.5 Å². The smallest absolute Gasteiger partial charge is 0.164 e. The number of methoxy groups -OCH3 is 2. The highest BCUT2D eigenvalue weighted by molar-refractivity contribution is 6.30. The highest BCUT2D eigenvalue weighted by Gasteiger charge is 2.18. The summed E-state index contributed by atoms with van der Waals surface area (Å²) in [6.45, 7) is 4.78. The largest absolute Gasteiger partial charge is 0.493 e. The van der Waals surface area contributed by atoms with Gasteiger partial charge in [0.15, 0.2) is 11.5 Å².